The number of hydrogen-bond donors (Lipinski definition) is 2. The average Bonchev–Trinajstić information content (AvgIpc) is 2.19. The van der Waals surface area contributed by atoms with Crippen molar-refractivity contribution in [2.45, 2.75) is 12.8 Å². The molecular formula is C9H18N2O2. The second-order valence-corrected chi connectivity index (χ2v) is 3.31. The van der Waals surface area contributed by atoms with Gasteiger partial charge in [0.1, 0.15) is 0 Å². The molecule has 0 saturated carbocycles. The molecule has 1 fully saturated rings. The Kier molecular flexibility index (Phi) is 4.78. The predicted molar refractivity (Wildman–Crippen MR) is 50.5 cm³/mol. The van der Waals surface area contributed by atoms with E-state index < -0.39 is 0 Å². The molecule has 1 atom stereocenters. The number of rotatable bonds is 4. The van der Waals surface area contributed by atoms with Crippen LogP contribution in [0.2, 0.25) is 0 Å². The fourth-order valence-electron chi connectivity index (χ4n) is 1.40. The molecule has 4 heteroatoms. The smallest absolute Gasteiger partial charge is 0.225 e. The summed E-state index contributed by atoms with van der Waals surface area (Å²) in [6, 6.07) is 0. The standard InChI is InChI=1S/C9H18N2O2/c1-10-4-5-11-9(12)8-3-2-6-13-7-8/h8,10H,2-7H2,1H3,(H,11,12). The molecule has 1 aliphatic rings. The molecule has 1 heterocycles. The van der Waals surface area contributed by atoms with E-state index in [0.29, 0.717) is 13.2 Å². The normalized spacial score (nSPS) is 22.7. The molecule has 0 spiro atoms. The van der Waals surface area contributed by atoms with Crippen molar-refractivity contribution < 1.29 is 9.53 Å². The minimum atomic E-state index is 0.0746. The van der Waals surface area contributed by atoms with E-state index in [1.54, 1.807) is 0 Å². The minimum absolute atomic E-state index is 0.0746. The Bertz CT molecular complexity index is 156. The maximum atomic E-state index is 11.5. The summed E-state index contributed by atoms with van der Waals surface area (Å²) in [4.78, 5) is 11.5. The highest BCUT2D eigenvalue weighted by Crippen LogP contribution is 2.12. The molecule has 76 valence electrons. The van der Waals surface area contributed by atoms with Gasteiger partial charge in [-0.3, -0.25) is 4.79 Å². The summed E-state index contributed by atoms with van der Waals surface area (Å²) in [5.74, 6) is 0.209. The van der Waals surface area contributed by atoms with Gasteiger partial charge in [0, 0.05) is 19.7 Å². The van der Waals surface area contributed by atoms with Crippen LogP contribution in [0.25, 0.3) is 0 Å². The van der Waals surface area contributed by atoms with E-state index in [0.717, 1.165) is 26.0 Å². The van der Waals surface area contributed by atoms with Gasteiger partial charge in [0.25, 0.3) is 0 Å². The number of ether oxygens (including phenoxy) is 1. The van der Waals surface area contributed by atoms with E-state index in [2.05, 4.69) is 10.6 Å². The van der Waals surface area contributed by atoms with Crippen molar-refractivity contribution in [2.75, 3.05) is 33.4 Å². The highest BCUT2D eigenvalue weighted by molar-refractivity contribution is 5.78. The van der Waals surface area contributed by atoms with Crippen molar-refractivity contribution in [3.63, 3.8) is 0 Å². The zero-order valence-corrected chi connectivity index (χ0v) is 8.14. The van der Waals surface area contributed by atoms with Gasteiger partial charge < -0.3 is 15.4 Å². The topological polar surface area (TPSA) is 50.4 Å². The second-order valence-electron chi connectivity index (χ2n) is 3.31. The van der Waals surface area contributed by atoms with Crippen molar-refractivity contribution in [3.05, 3.63) is 0 Å². The molecule has 0 aromatic heterocycles. The molecule has 2 N–H and O–H groups in total. The highest BCUT2D eigenvalue weighted by Gasteiger charge is 2.20. The van der Waals surface area contributed by atoms with Crippen LogP contribution >= 0.6 is 0 Å². The third-order valence-corrected chi connectivity index (χ3v) is 2.21. The minimum Gasteiger partial charge on any atom is -0.381 e. The number of hydrogen-bond acceptors (Lipinski definition) is 3. The molecule has 1 unspecified atom stereocenters. The zero-order valence-electron chi connectivity index (χ0n) is 8.14. The van der Waals surface area contributed by atoms with E-state index >= 15 is 0 Å². The van der Waals surface area contributed by atoms with E-state index in [9.17, 15) is 4.79 Å². The predicted octanol–water partition coefficient (Wildman–Crippen LogP) is -0.251. The molecule has 1 saturated heterocycles. The van der Waals surface area contributed by atoms with Crippen LogP contribution in [0.3, 0.4) is 0 Å². The first-order chi connectivity index (χ1) is 6.34. The summed E-state index contributed by atoms with van der Waals surface area (Å²) in [5.41, 5.74) is 0. The first kappa shape index (κ1) is 10.5. The van der Waals surface area contributed by atoms with Gasteiger partial charge in [0.15, 0.2) is 0 Å². The summed E-state index contributed by atoms with van der Waals surface area (Å²) in [6.07, 6.45) is 1.97. The summed E-state index contributed by atoms with van der Waals surface area (Å²) in [6.45, 7) is 2.91. The molecular weight excluding hydrogens is 168 g/mol. The van der Waals surface area contributed by atoms with Crippen LogP contribution in [0.1, 0.15) is 12.8 Å². The van der Waals surface area contributed by atoms with Crippen LogP contribution < -0.4 is 10.6 Å². The maximum absolute atomic E-state index is 11.5. The third-order valence-electron chi connectivity index (χ3n) is 2.21. The van der Waals surface area contributed by atoms with Crippen LogP contribution in [0.15, 0.2) is 0 Å². The van der Waals surface area contributed by atoms with E-state index in [1.807, 2.05) is 7.05 Å². The molecule has 1 amide bonds. The molecule has 0 aromatic rings. The van der Waals surface area contributed by atoms with Crippen molar-refractivity contribution >= 4 is 5.91 Å². The first-order valence-corrected chi connectivity index (χ1v) is 4.84. The Morgan fingerprint density at radius 2 is 2.38 bits per heavy atom. The van der Waals surface area contributed by atoms with Crippen molar-refractivity contribution in [3.8, 4) is 0 Å². The van der Waals surface area contributed by atoms with Crippen LogP contribution in [0.5, 0.6) is 0 Å². The Balaban J connectivity index is 2.13. The number of carbonyl (C=O) groups excluding carboxylic acids is 1. The van der Waals surface area contributed by atoms with Crippen molar-refractivity contribution in [1.29, 1.82) is 0 Å². The second kappa shape index (κ2) is 5.94. The lowest BCUT2D eigenvalue weighted by molar-refractivity contribution is -0.128. The van der Waals surface area contributed by atoms with Gasteiger partial charge in [-0.15, -0.1) is 0 Å². The molecule has 13 heavy (non-hydrogen) atoms. The molecule has 1 aliphatic heterocycles. The fourth-order valence-corrected chi connectivity index (χ4v) is 1.40. The monoisotopic (exact) mass is 186 g/mol. The highest BCUT2D eigenvalue weighted by atomic mass is 16.5. The van der Waals surface area contributed by atoms with Gasteiger partial charge in [0.05, 0.1) is 12.5 Å². The number of amides is 1. The van der Waals surface area contributed by atoms with E-state index in [-0.39, 0.29) is 11.8 Å². The largest absolute Gasteiger partial charge is 0.381 e. The lowest BCUT2D eigenvalue weighted by atomic mass is 10.0. The molecule has 0 bridgehead atoms. The average molecular weight is 186 g/mol. The van der Waals surface area contributed by atoms with Crippen LogP contribution in [-0.2, 0) is 9.53 Å². The maximum Gasteiger partial charge on any atom is 0.225 e. The van der Waals surface area contributed by atoms with Crippen LogP contribution in [0.4, 0.5) is 0 Å². The van der Waals surface area contributed by atoms with Crippen LogP contribution in [-0.4, -0.2) is 39.3 Å². The Labute approximate surface area is 79.0 Å². The molecule has 0 aromatic carbocycles. The van der Waals surface area contributed by atoms with Crippen molar-refractivity contribution in [2.24, 2.45) is 5.92 Å². The van der Waals surface area contributed by atoms with E-state index in [4.69, 9.17) is 4.74 Å². The number of nitrogens with one attached hydrogen (secondary N) is 2. The lowest BCUT2D eigenvalue weighted by Gasteiger charge is -2.21. The van der Waals surface area contributed by atoms with Gasteiger partial charge in [-0.05, 0) is 19.9 Å². The Hall–Kier alpha value is -0.610. The Morgan fingerprint density at radius 3 is 3.00 bits per heavy atom. The van der Waals surface area contributed by atoms with Gasteiger partial charge in [-0.25, -0.2) is 0 Å². The number of likely N-dealkylation sites (N-methyl/N-ethyl adjacent to an activating group) is 1. The SMILES string of the molecule is CNCCNC(=O)C1CCCOC1. The van der Waals surface area contributed by atoms with E-state index in [1.165, 1.54) is 0 Å². The summed E-state index contributed by atoms with van der Waals surface area (Å²) in [5, 5.41) is 5.85. The van der Waals surface area contributed by atoms with Gasteiger partial charge in [0.2, 0.25) is 5.91 Å². The fraction of sp³-hybridized carbons (Fsp3) is 0.889. The lowest BCUT2D eigenvalue weighted by Crippen LogP contribution is -2.38. The molecule has 0 aliphatic carbocycles. The summed E-state index contributed by atoms with van der Waals surface area (Å²) < 4.78 is 5.23. The Morgan fingerprint density at radius 1 is 1.54 bits per heavy atom. The summed E-state index contributed by atoms with van der Waals surface area (Å²) >= 11 is 0. The molecule has 0 radical (unpaired) electrons. The zero-order chi connectivity index (χ0) is 9.52. The quantitative estimate of drug-likeness (QED) is 0.595. The molecule has 4 nitrogen and oxygen atoms in total. The molecule has 1 rings (SSSR count). The third kappa shape index (κ3) is 3.74. The number of carbonyl (C=O) groups is 1. The van der Waals surface area contributed by atoms with Gasteiger partial charge in [-0.1, -0.05) is 0 Å². The summed E-state index contributed by atoms with van der Waals surface area (Å²) in [7, 11) is 1.87. The van der Waals surface area contributed by atoms with Gasteiger partial charge >= 0.3 is 0 Å². The van der Waals surface area contributed by atoms with Crippen molar-refractivity contribution in [1.82, 2.24) is 10.6 Å². The van der Waals surface area contributed by atoms with Crippen LogP contribution in [0, 0.1) is 5.92 Å². The van der Waals surface area contributed by atoms with Gasteiger partial charge in [-0.2, -0.15) is 0 Å². The first-order valence-electron chi connectivity index (χ1n) is 4.84.